The molecule has 7 nitrogen and oxygen atoms in total. The highest BCUT2D eigenvalue weighted by atomic mass is 79.9. The number of amides is 1. The van der Waals surface area contributed by atoms with Crippen LogP contribution < -0.4 is 10.1 Å². The number of piperazine rings is 1. The van der Waals surface area contributed by atoms with Crippen LogP contribution in [0.3, 0.4) is 0 Å². The zero-order chi connectivity index (χ0) is 26.4. The molecule has 1 fully saturated rings. The van der Waals surface area contributed by atoms with Gasteiger partial charge in [-0.05, 0) is 43.4 Å². The quantitative estimate of drug-likeness (QED) is 0.424. The van der Waals surface area contributed by atoms with E-state index in [0.717, 1.165) is 36.8 Å². The molecule has 2 N–H and O–H groups in total. The summed E-state index contributed by atoms with van der Waals surface area (Å²) in [6, 6.07) is 11.9. The summed E-state index contributed by atoms with van der Waals surface area (Å²) in [4.78, 5) is 23.3. The summed E-state index contributed by atoms with van der Waals surface area (Å²) in [5.74, 6) is 5.15. The maximum absolute atomic E-state index is 13.0. The Morgan fingerprint density at radius 1 is 1.19 bits per heavy atom. The van der Waals surface area contributed by atoms with Crippen LogP contribution in [0.15, 0.2) is 53.1 Å². The first-order valence-electron chi connectivity index (χ1n) is 11.6. The van der Waals surface area contributed by atoms with Crippen molar-refractivity contribution in [3.05, 3.63) is 64.4 Å². The molecule has 4 rings (SSSR count). The van der Waals surface area contributed by atoms with E-state index >= 15 is 0 Å². The molecule has 1 aliphatic rings. The maximum Gasteiger partial charge on any atom is 0.432 e. The molecule has 1 aliphatic heterocycles. The van der Waals surface area contributed by atoms with E-state index in [-0.39, 0.29) is 11.5 Å². The molecule has 1 aromatic heterocycles. The molecule has 0 unspecified atom stereocenters. The minimum Gasteiger partial charge on any atom is -0.490 e. The first-order valence-corrected chi connectivity index (χ1v) is 12.4. The Hall–Kier alpha value is -3.33. The molecule has 1 amide bonds. The van der Waals surface area contributed by atoms with E-state index in [1.54, 1.807) is 30.3 Å². The summed E-state index contributed by atoms with van der Waals surface area (Å²) in [5.41, 5.74) is 0.337. The summed E-state index contributed by atoms with van der Waals surface area (Å²) < 4.78 is 45.9. The highest BCUT2D eigenvalue weighted by Gasteiger charge is 2.33. The van der Waals surface area contributed by atoms with Gasteiger partial charge in [-0.25, -0.2) is 4.98 Å². The molecule has 1 saturated heterocycles. The Morgan fingerprint density at radius 2 is 1.97 bits per heavy atom. The number of imidazole rings is 1. The number of carbonyl (C=O) groups is 1. The van der Waals surface area contributed by atoms with Crippen LogP contribution in [0.5, 0.6) is 5.75 Å². The van der Waals surface area contributed by atoms with Gasteiger partial charge >= 0.3 is 12.1 Å². The van der Waals surface area contributed by atoms with E-state index in [2.05, 4.69) is 59.9 Å². The van der Waals surface area contributed by atoms with E-state index in [1.165, 1.54) is 6.07 Å². The number of benzene rings is 2. The van der Waals surface area contributed by atoms with Crippen LogP contribution in [0.1, 0.15) is 11.3 Å². The van der Waals surface area contributed by atoms with Gasteiger partial charge in [0.1, 0.15) is 23.9 Å². The van der Waals surface area contributed by atoms with Crippen molar-refractivity contribution in [1.29, 1.82) is 0 Å². The molecule has 0 radical (unpaired) electrons. The van der Waals surface area contributed by atoms with Crippen LogP contribution in [0.4, 0.5) is 18.9 Å². The number of likely N-dealkylation sites (N-methyl/N-ethyl adjacent to an activating group) is 1. The van der Waals surface area contributed by atoms with Gasteiger partial charge in [-0.2, -0.15) is 13.2 Å². The topological polar surface area (TPSA) is 73.5 Å². The minimum absolute atomic E-state index is 0.0204. The number of H-pyrrole nitrogens is 1. The molecule has 0 aliphatic carbocycles. The summed E-state index contributed by atoms with van der Waals surface area (Å²) in [7, 11) is 2.08. The number of aromatic nitrogens is 2. The van der Waals surface area contributed by atoms with E-state index in [9.17, 15) is 18.0 Å². The van der Waals surface area contributed by atoms with Gasteiger partial charge in [-0.1, -0.05) is 27.9 Å². The molecular weight excluding hydrogens is 551 g/mol. The van der Waals surface area contributed by atoms with Crippen molar-refractivity contribution in [3.63, 3.8) is 0 Å². The van der Waals surface area contributed by atoms with Crippen molar-refractivity contribution in [2.45, 2.75) is 6.18 Å². The fraction of sp³-hybridized carbons (Fsp3) is 0.308. The summed E-state index contributed by atoms with van der Waals surface area (Å²) >= 11 is 3.36. The predicted molar refractivity (Wildman–Crippen MR) is 138 cm³/mol. The second kappa shape index (κ2) is 11.8. The number of alkyl halides is 3. The van der Waals surface area contributed by atoms with Crippen LogP contribution in [0.2, 0.25) is 0 Å². The Morgan fingerprint density at radius 3 is 2.68 bits per heavy atom. The zero-order valence-electron chi connectivity index (χ0n) is 20.0. The normalized spacial score (nSPS) is 14.6. The zero-order valence-corrected chi connectivity index (χ0v) is 21.6. The Labute approximate surface area is 221 Å². The minimum atomic E-state index is -4.55. The average Bonchev–Trinajstić information content (AvgIpc) is 3.36. The molecule has 11 heteroatoms. The lowest BCUT2D eigenvalue weighted by Crippen LogP contribution is -2.45. The Balaban J connectivity index is 1.52. The van der Waals surface area contributed by atoms with Crippen molar-refractivity contribution in [3.8, 4) is 29.0 Å². The van der Waals surface area contributed by atoms with Crippen molar-refractivity contribution in [2.75, 3.05) is 51.7 Å². The molecule has 0 atom stereocenters. The number of hydrogen-bond donors (Lipinski definition) is 2. The first-order chi connectivity index (χ1) is 17.7. The Bertz CT molecular complexity index is 1310. The fourth-order valence-electron chi connectivity index (χ4n) is 3.72. The van der Waals surface area contributed by atoms with Crippen molar-refractivity contribution in [2.24, 2.45) is 0 Å². The number of aromatic amines is 1. The van der Waals surface area contributed by atoms with Crippen LogP contribution in [0.25, 0.3) is 11.4 Å². The van der Waals surface area contributed by atoms with Crippen molar-refractivity contribution in [1.82, 2.24) is 19.8 Å². The second-order valence-corrected chi connectivity index (χ2v) is 9.48. The summed E-state index contributed by atoms with van der Waals surface area (Å²) in [6.07, 6.45) is -3.81. The third-order valence-corrected chi connectivity index (χ3v) is 6.28. The molecule has 2 aromatic carbocycles. The van der Waals surface area contributed by atoms with E-state index in [0.29, 0.717) is 30.0 Å². The number of carbonyl (C=O) groups excluding carboxylic acids is 1. The number of halogens is 4. The van der Waals surface area contributed by atoms with Gasteiger partial charge in [0, 0.05) is 54.2 Å². The average molecular weight is 576 g/mol. The number of nitrogens with zero attached hydrogens (tertiary/aromatic N) is 3. The summed E-state index contributed by atoms with van der Waals surface area (Å²) in [5, 5.41) is 2.70. The number of rotatable bonds is 6. The smallest absolute Gasteiger partial charge is 0.432 e. The van der Waals surface area contributed by atoms with Gasteiger partial charge in [0.15, 0.2) is 0 Å². The number of ether oxygens (including phenoxy) is 1. The number of anilines is 1. The van der Waals surface area contributed by atoms with Gasteiger partial charge in [-0.3, -0.25) is 9.69 Å². The van der Waals surface area contributed by atoms with Crippen LogP contribution >= 0.6 is 15.9 Å². The molecule has 37 heavy (non-hydrogen) atoms. The molecule has 0 spiro atoms. The molecular formula is C26H25BrF3N5O2. The van der Waals surface area contributed by atoms with Crippen LogP contribution in [-0.2, 0) is 11.0 Å². The van der Waals surface area contributed by atoms with E-state index in [1.807, 2.05) is 6.07 Å². The largest absolute Gasteiger partial charge is 0.490 e. The standard InChI is InChI=1S/C26H25BrF3N5O2/c1-34-9-11-35(12-10-34)13-14-37-22-7-6-19(25-31-17-23(33-25)26(28,29)30)16-21(22)32-24(36)8-5-18-3-2-4-20(27)15-18/h2-4,6-7,15-17H,9-14H2,1H3,(H,31,33)(H,32,36). The van der Waals surface area contributed by atoms with Crippen molar-refractivity contribution < 1.29 is 22.7 Å². The molecule has 0 bridgehead atoms. The third kappa shape index (κ3) is 7.58. The SMILES string of the molecule is CN1CCN(CCOc2ccc(-c3ncc(C(F)(F)F)[nH]3)cc2NC(=O)C#Cc2cccc(Br)c2)CC1. The fourth-order valence-corrected chi connectivity index (χ4v) is 4.12. The highest BCUT2D eigenvalue weighted by Crippen LogP contribution is 2.33. The van der Waals surface area contributed by atoms with E-state index in [4.69, 9.17) is 4.74 Å². The lowest BCUT2D eigenvalue weighted by Gasteiger charge is -2.32. The van der Waals surface area contributed by atoms with Gasteiger partial charge in [0.2, 0.25) is 0 Å². The molecule has 3 aromatic rings. The van der Waals surface area contributed by atoms with E-state index < -0.39 is 17.8 Å². The second-order valence-electron chi connectivity index (χ2n) is 8.56. The maximum atomic E-state index is 13.0. The lowest BCUT2D eigenvalue weighted by molar-refractivity contribution is -0.140. The highest BCUT2D eigenvalue weighted by molar-refractivity contribution is 9.10. The summed E-state index contributed by atoms with van der Waals surface area (Å²) in [6.45, 7) is 4.93. The molecule has 194 valence electrons. The van der Waals surface area contributed by atoms with Gasteiger partial charge in [0.25, 0.3) is 0 Å². The number of nitrogens with one attached hydrogen (secondary N) is 2. The lowest BCUT2D eigenvalue weighted by atomic mass is 10.1. The van der Waals surface area contributed by atoms with Gasteiger partial charge in [-0.15, -0.1) is 0 Å². The molecule has 0 saturated carbocycles. The van der Waals surface area contributed by atoms with Gasteiger partial charge < -0.3 is 19.9 Å². The van der Waals surface area contributed by atoms with Crippen LogP contribution in [-0.4, -0.2) is 72.1 Å². The van der Waals surface area contributed by atoms with Gasteiger partial charge in [0.05, 0.1) is 11.9 Å². The predicted octanol–water partition coefficient (Wildman–Crippen LogP) is 4.47. The van der Waals surface area contributed by atoms with Crippen LogP contribution in [0, 0.1) is 11.8 Å². The first kappa shape index (κ1) is 26.7. The van der Waals surface area contributed by atoms with Crippen molar-refractivity contribution >= 4 is 27.5 Å². The Kier molecular flexibility index (Phi) is 8.53. The third-order valence-electron chi connectivity index (χ3n) is 5.79. The molecule has 2 heterocycles. The number of hydrogen-bond acceptors (Lipinski definition) is 5. The monoisotopic (exact) mass is 575 g/mol.